The third-order valence-electron chi connectivity index (χ3n) is 4.67. The van der Waals surface area contributed by atoms with Gasteiger partial charge in [-0.2, -0.15) is 0 Å². The number of pyridine rings is 2. The minimum absolute atomic E-state index is 0.946. The molecule has 0 spiro atoms. The third-order valence-corrected chi connectivity index (χ3v) is 4.67. The molecule has 0 radical (unpaired) electrons. The first-order chi connectivity index (χ1) is 12.8. The van der Waals surface area contributed by atoms with E-state index in [4.69, 9.17) is 0 Å². The second-order valence-electron chi connectivity index (χ2n) is 6.18. The van der Waals surface area contributed by atoms with E-state index >= 15 is 0 Å². The van der Waals surface area contributed by atoms with Crippen molar-refractivity contribution < 1.29 is 0 Å². The topological polar surface area (TPSA) is 25.8 Å². The van der Waals surface area contributed by atoms with E-state index in [1.54, 1.807) is 0 Å². The predicted octanol–water partition coefficient (Wildman–Crippen LogP) is 6.43. The summed E-state index contributed by atoms with van der Waals surface area (Å²) in [5, 5.41) is 2.26. The van der Waals surface area contributed by atoms with E-state index in [9.17, 15) is 0 Å². The maximum atomic E-state index is 4.67. The Bertz CT molecular complexity index is 1140. The Balaban J connectivity index is 2.03. The van der Waals surface area contributed by atoms with Crippen LogP contribution in [0.2, 0.25) is 0 Å². The molecule has 2 aromatic carbocycles. The summed E-state index contributed by atoms with van der Waals surface area (Å²) < 4.78 is 0. The van der Waals surface area contributed by atoms with Crippen LogP contribution in [0.15, 0.2) is 85.2 Å². The lowest BCUT2D eigenvalue weighted by atomic mass is 9.96. The molecule has 0 saturated heterocycles. The molecule has 126 valence electrons. The Hall–Kier alpha value is -3.26. The molecule has 2 nitrogen and oxygen atoms in total. The smallest absolute Gasteiger partial charge is 0.0970 e. The number of hydrogen-bond acceptors (Lipinski definition) is 2. The molecule has 0 saturated carbocycles. The van der Waals surface area contributed by atoms with Gasteiger partial charge in [-0.05, 0) is 48.2 Å². The molecule has 0 unspecified atom stereocenters. The Kier molecular flexibility index (Phi) is 4.32. The molecular formula is C24H20N2. The zero-order valence-corrected chi connectivity index (χ0v) is 15.0. The van der Waals surface area contributed by atoms with Crippen LogP contribution in [0.3, 0.4) is 0 Å². The van der Waals surface area contributed by atoms with Crippen LogP contribution in [0, 0.1) is 0 Å². The van der Waals surface area contributed by atoms with E-state index in [1.165, 1.54) is 22.3 Å². The van der Waals surface area contributed by atoms with E-state index in [0.29, 0.717) is 0 Å². The molecule has 26 heavy (non-hydrogen) atoms. The molecule has 2 heterocycles. The maximum Gasteiger partial charge on any atom is 0.0970 e. The van der Waals surface area contributed by atoms with Crippen LogP contribution in [-0.4, -0.2) is 9.97 Å². The Morgan fingerprint density at radius 2 is 1.46 bits per heavy atom. The van der Waals surface area contributed by atoms with E-state index in [1.807, 2.05) is 25.4 Å². The van der Waals surface area contributed by atoms with Crippen molar-refractivity contribution in [3.8, 4) is 11.1 Å². The fourth-order valence-corrected chi connectivity index (χ4v) is 3.47. The summed E-state index contributed by atoms with van der Waals surface area (Å²) in [6.07, 6.45) is 10.1. The van der Waals surface area contributed by atoms with Crippen LogP contribution in [0.4, 0.5) is 0 Å². The average Bonchev–Trinajstić information content (AvgIpc) is 2.71. The second-order valence-corrected chi connectivity index (χ2v) is 6.18. The summed E-state index contributed by atoms with van der Waals surface area (Å²) >= 11 is 0. The van der Waals surface area contributed by atoms with E-state index in [-0.39, 0.29) is 0 Å². The normalized spacial score (nSPS) is 12.3. The van der Waals surface area contributed by atoms with E-state index in [2.05, 4.69) is 83.7 Å². The van der Waals surface area contributed by atoms with Gasteiger partial charge in [-0.15, -0.1) is 0 Å². The Morgan fingerprint density at radius 3 is 2.19 bits per heavy atom. The lowest BCUT2D eigenvalue weighted by Gasteiger charge is -2.11. The molecule has 2 aromatic heterocycles. The van der Waals surface area contributed by atoms with Crippen molar-refractivity contribution in [2.45, 2.75) is 13.8 Å². The summed E-state index contributed by atoms with van der Waals surface area (Å²) in [7, 11) is 0. The maximum absolute atomic E-state index is 4.67. The summed E-state index contributed by atoms with van der Waals surface area (Å²) in [4.78, 5) is 9.34. The highest BCUT2D eigenvalue weighted by atomic mass is 14.7. The minimum Gasteiger partial charge on any atom is -0.254 e. The van der Waals surface area contributed by atoms with Crippen molar-refractivity contribution in [3.05, 3.63) is 90.8 Å². The summed E-state index contributed by atoms with van der Waals surface area (Å²) in [6, 6.07) is 18.9. The van der Waals surface area contributed by atoms with Gasteiger partial charge in [0.2, 0.25) is 0 Å². The first-order valence-electron chi connectivity index (χ1n) is 8.84. The Morgan fingerprint density at radius 1 is 0.769 bits per heavy atom. The standard InChI is InChI=1S/C24H20N2/c1-3-8-17(4-2)19-13-15-25-23-21(19)11-12-22-20(14-16-26-24(22)23)18-9-6-5-7-10-18/h3-16H,1-2H3. The predicted molar refractivity (Wildman–Crippen MR) is 111 cm³/mol. The van der Waals surface area contributed by atoms with Crippen molar-refractivity contribution >= 4 is 27.4 Å². The molecule has 0 amide bonds. The minimum atomic E-state index is 0.946. The summed E-state index contributed by atoms with van der Waals surface area (Å²) in [5.41, 5.74) is 6.65. The van der Waals surface area contributed by atoms with Crippen LogP contribution < -0.4 is 0 Å². The van der Waals surface area contributed by atoms with Crippen molar-refractivity contribution in [2.75, 3.05) is 0 Å². The van der Waals surface area contributed by atoms with Gasteiger partial charge in [0.05, 0.1) is 11.0 Å². The highest BCUT2D eigenvalue weighted by Gasteiger charge is 2.11. The zero-order chi connectivity index (χ0) is 17.9. The van der Waals surface area contributed by atoms with Crippen molar-refractivity contribution in [3.63, 3.8) is 0 Å². The second kappa shape index (κ2) is 6.93. The van der Waals surface area contributed by atoms with Gasteiger partial charge in [-0.25, -0.2) is 0 Å². The quantitative estimate of drug-likeness (QED) is 0.318. The number of nitrogens with zero attached hydrogens (tertiary/aromatic N) is 2. The van der Waals surface area contributed by atoms with Crippen molar-refractivity contribution in [2.24, 2.45) is 0 Å². The molecule has 2 heteroatoms. The van der Waals surface area contributed by atoms with E-state index < -0.39 is 0 Å². The molecule has 0 aliphatic carbocycles. The highest BCUT2D eigenvalue weighted by molar-refractivity contribution is 6.10. The molecule has 0 aliphatic rings. The van der Waals surface area contributed by atoms with Crippen LogP contribution in [-0.2, 0) is 0 Å². The number of allylic oxidation sites excluding steroid dienone is 4. The van der Waals surface area contributed by atoms with Gasteiger partial charge in [-0.1, -0.05) is 60.7 Å². The lowest BCUT2D eigenvalue weighted by Crippen LogP contribution is -1.91. The third kappa shape index (κ3) is 2.70. The number of fused-ring (bicyclic) bond motifs is 3. The molecule has 0 atom stereocenters. The van der Waals surface area contributed by atoms with Crippen molar-refractivity contribution in [1.29, 1.82) is 0 Å². The zero-order valence-electron chi connectivity index (χ0n) is 15.0. The molecule has 4 rings (SSSR count). The van der Waals surface area contributed by atoms with Crippen LogP contribution in [0.1, 0.15) is 19.4 Å². The van der Waals surface area contributed by atoms with E-state index in [0.717, 1.165) is 21.8 Å². The van der Waals surface area contributed by atoms with Gasteiger partial charge >= 0.3 is 0 Å². The molecular weight excluding hydrogens is 316 g/mol. The van der Waals surface area contributed by atoms with Gasteiger partial charge < -0.3 is 0 Å². The summed E-state index contributed by atoms with van der Waals surface area (Å²) in [6.45, 7) is 4.10. The number of benzene rings is 2. The number of aromatic nitrogens is 2. The molecule has 0 bridgehead atoms. The fraction of sp³-hybridized carbons (Fsp3) is 0.0833. The fourth-order valence-electron chi connectivity index (χ4n) is 3.47. The summed E-state index contributed by atoms with van der Waals surface area (Å²) in [5.74, 6) is 0. The highest BCUT2D eigenvalue weighted by Crippen LogP contribution is 2.33. The largest absolute Gasteiger partial charge is 0.254 e. The van der Waals surface area contributed by atoms with Gasteiger partial charge in [0, 0.05) is 23.2 Å². The van der Waals surface area contributed by atoms with Gasteiger partial charge in [-0.3, -0.25) is 9.97 Å². The van der Waals surface area contributed by atoms with Crippen LogP contribution in [0.5, 0.6) is 0 Å². The van der Waals surface area contributed by atoms with Crippen LogP contribution >= 0.6 is 0 Å². The van der Waals surface area contributed by atoms with Gasteiger partial charge in [0.15, 0.2) is 0 Å². The van der Waals surface area contributed by atoms with Crippen LogP contribution in [0.25, 0.3) is 38.5 Å². The van der Waals surface area contributed by atoms with Crippen molar-refractivity contribution in [1.82, 2.24) is 9.97 Å². The Labute approximate surface area is 153 Å². The van der Waals surface area contributed by atoms with Gasteiger partial charge in [0.1, 0.15) is 0 Å². The first-order valence-corrected chi connectivity index (χ1v) is 8.84. The van der Waals surface area contributed by atoms with Gasteiger partial charge in [0.25, 0.3) is 0 Å². The lowest BCUT2D eigenvalue weighted by molar-refractivity contribution is 1.37. The first kappa shape index (κ1) is 16.2. The molecule has 0 N–H and O–H groups in total. The number of hydrogen-bond donors (Lipinski definition) is 0. The molecule has 0 aliphatic heterocycles. The molecule has 4 aromatic rings. The number of rotatable bonds is 3. The monoisotopic (exact) mass is 336 g/mol. The average molecular weight is 336 g/mol. The molecule has 0 fully saturated rings. The SMILES string of the molecule is CC=CC(=CC)c1ccnc2c1ccc1c(-c3ccccc3)ccnc12.